The fraction of sp³-hybridized carbons (Fsp3) is 0.619. The Morgan fingerprint density at radius 3 is 2.67 bits per heavy atom. The molecule has 0 amide bonds. The van der Waals surface area contributed by atoms with Gasteiger partial charge >= 0.3 is 0 Å². The molecule has 148 valence electrons. The van der Waals surface area contributed by atoms with E-state index in [1.165, 1.54) is 17.0 Å². The Morgan fingerprint density at radius 1 is 1.15 bits per heavy atom. The first-order chi connectivity index (χ1) is 13.1. The molecule has 4 N–H and O–H groups in total. The Balaban J connectivity index is 1.55. The summed E-state index contributed by atoms with van der Waals surface area (Å²) in [6, 6.07) is 0.399. The zero-order chi connectivity index (χ0) is 19.0. The molecule has 2 heterocycles. The number of aliphatic hydroxyl groups excluding tert-OH is 3. The molecule has 2 aliphatic heterocycles. The van der Waals surface area contributed by atoms with Crippen molar-refractivity contribution < 1.29 is 15.3 Å². The van der Waals surface area contributed by atoms with E-state index in [1.54, 1.807) is 12.2 Å². The summed E-state index contributed by atoms with van der Waals surface area (Å²) >= 11 is 0. The van der Waals surface area contributed by atoms with Crippen LogP contribution < -0.4 is 5.32 Å². The highest BCUT2D eigenvalue weighted by molar-refractivity contribution is 5.55. The number of fused-ring (bicyclic) bond motifs is 1. The number of hydrogen-bond donors (Lipinski definition) is 4. The van der Waals surface area contributed by atoms with Gasteiger partial charge in [0.15, 0.2) is 11.5 Å². The van der Waals surface area contributed by atoms with E-state index in [0.29, 0.717) is 6.04 Å². The summed E-state index contributed by atoms with van der Waals surface area (Å²) in [6.07, 6.45) is 9.80. The van der Waals surface area contributed by atoms with Crippen molar-refractivity contribution >= 4 is 0 Å². The molecule has 0 aromatic carbocycles. The molecule has 6 nitrogen and oxygen atoms in total. The molecule has 1 atom stereocenters. The van der Waals surface area contributed by atoms with Crippen LogP contribution in [0.4, 0.5) is 0 Å². The minimum absolute atomic E-state index is 0.0232. The second-order valence-electron chi connectivity index (χ2n) is 8.08. The van der Waals surface area contributed by atoms with Crippen molar-refractivity contribution in [2.75, 3.05) is 33.3 Å². The Bertz CT molecular complexity index is 714. The maximum atomic E-state index is 10.1. The topological polar surface area (TPSA) is 79.2 Å². The van der Waals surface area contributed by atoms with E-state index in [2.05, 4.69) is 22.2 Å². The van der Waals surface area contributed by atoms with Crippen LogP contribution in [0, 0.1) is 0 Å². The Morgan fingerprint density at radius 2 is 1.93 bits per heavy atom. The van der Waals surface area contributed by atoms with Crippen molar-refractivity contribution in [1.29, 1.82) is 0 Å². The Labute approximate surface area is 161 Å². The van der Waals surface area contributed by atoms with E-state index in [1.807, 2.05) is 0 Å². The van der Waals surface area contributed by atoms with Crippen LogP contribution in [0.15, 0.2) is 46.2 Å². The molecule has 2 aliphatic carbocycles. The van der Waals surface area contributed by atoms with Gasteiger partial charge in [0.2, 0.25) is 0 Å². The maximum Gasteiger partial charge on any atom is 0.157 e. The van der Waals surface area contributed by atoms with Gasteiger partial charge in [0.05, 0.1) is 6.04 Å². The van der Waals surface area contributed by atoms with Crippen LogP contribution in [0.3, 0.4) is 0 Å². The first-order valence-electron chi connectivity index (χ1n) is 10.2. The van der Waals surface area contributed by atoms with Gasteiger partial charge in [0.1, 0.15) is 0 Å². The fourth-order valence-electron chi connectivity index (χ4n) is 4.87. The van der Waals surface area contributed by atoms with Crippen LogP contribution in [0.25, 0.3) is 0 Å². The molecule has 0 saturated carbocycles. The maximum absolute atomic E-state index is 10.1. The van der Waals surface area contributed by atoms with Crippen molar-refractivity contribution in [2.45, 2.75) is 50.6 Å². The van der Waals surface area contributed by atoms with E-state index in [4.69, 9.17) is 5.11 Å². The highest BCUT2D eigenvalue weighted by Crippen LogP contribution is 2.42. The SMILES string of the molecule is CN1C2=C(CCC2)C(NC2CCN(CCCO)CC2)=C2C=C(O)C(O)=CC21. The molecule has 4 rings (SSSR count). The molecule has 1 fully saturated rings. The van der Waals surface area contributed by atoms with Crippen LogP contribution in [0.5, 0.6) is 0 Å². The summed E-state index contributed by atoms with van der Waals surface area (Å²) in [5, 5.41) is 33.0. The monoisotopic (exact) mass is 373 g/mol. The van der Waals surface area contributed by atoms with Gasteiger partial charge in [-0.25, -0.2) is 0 Å². The number of likely N-dealkylation sites (N-methyl/N-ethyl adjacent to an activating group) is 1. The van der Waals surface area contributed by atoms with Crippen LogP contribution in [0.1, 0.15) is 38.5 Å². The molecule has 27 heavy (non-hydrogen) atoms. The highest BCUT2D eigenvalue weighted by atomic mass is 16.3. The summed E-state index contributed by atoms with van der Waals surface area (Å²) in [7, 11) is 2.09. The first-order valence-corrected chi connectivity index (χ1v) is 10.2. The fourth-order valence-corrected chi connectivity index (χ4v) is 4.87. The summed E-state index contributed by atoms with van der Waals surface area (Å²) in [4.78, 5) is 4.68. The molecule has 1 unspecified atom stereocenters. The van der Waals surface area contributed by atoms with Gasteiger partial charge in [-0.05, 0) is 56.3 Å². The third-order valence-electron chi connectivity index (χ3n) is 6.38. The van der Waals surface area contributed by atoms with Gasteiger partial charge in [-0.2, -0.15) is 0 Å². The standard InChI is InChI=1S/C21H31N3O3/c1-23-17-5-2-4-15(17)21(16-12-19(26)20(27)13-18(16)23)22-14-6-9-24(10-7-14)8-3-11-25/h12-14,18,22,25-27H,2-11H2,1H3. The van der Waals surface area contributed by atoms with Gasteiger partial charge in [0.25, 0.3) is 0 Å². The number of rotatable bonds is 5. The first kappa shape index (κ1) is 18.4. The van der Waals surface area contributed by atoms with E-state index in [0.717, 1.165) is 63.7 Å². The number of hydrogen-bond acceptors (Lipinski definition) is 6. The number of nitrogens with zero attached hydrogens (tertiary/aromatic N) is 2. The van der Waals surface area contributed by atoms with E-state index >= 15 is 0 Å². The lowest BCUT2D eigenvalue weighted by atomic mass is 9.88. The zero-order valence-electron chi connectivity index (χ0n) is 16.1. The van der Waals surface area contributed by atoms with Gasteiger partial charge in [-0.3, -0.25) is 0 Å². The Hall–Kier alpha value is -1.92. The molecule has 0 bridgehead atoms. The van der Waals surface area contributed by atoms with Gasteiger partial charge in [-0.1, -0.05) is 0 Å². The number of aliphatic hydroxyl groups is 3. The summed E-state index contributed by atoms with van der Waals surface area (Å²) in [5.41, 5.74) is 4.99. The lowest BCUT2D eigenvalue weighted by Crippen LogP contribution is -2.45. The second kappa shape index (κ2) is 7.60. The van der Waals surface area contributed by atoms with Gasteiger partial charge in [-0.15, -0.1) is 0 Å². The van der Waals surface area contributed by atoms with Gasteiger partial charge < -0.3 is 30.4 Å². The third-order valence-corrected chi connectivity index (χ3v) is 6.38. The second-order valence-corrected chi connectivity index (χ2v) is 8.08. The molecule has 1 saturated heterocycles. The average Bonchev–Trinajstić information content (AvgIpc) is 3.16. The van der Waals surface area contributed by atoms with Crippen LogP contribution in [0.2, 0.25) is 0 Å². The van der Waals surface area contributed by atoms with Crippen molar-refractivity contribution in [1.82, 2.24) is 15.1 Å². The van der Waals surface area contributed by atoms with Crippen LogP contribution in [-0.2, 0) is 0 Å². The normalized spacial score (nSPS) is 26.7. The third kappa shape index (κ3) is 3.48. The predicted octanol–water partition coefficient (Wildman–Crippen LogP) is 2.33. The van der Waals surface area contributed by atoms with Crippen molar-refractivity contribution in [2.24, 2.45) is 0 Å². The van der Waals surface area contributed by atoms with E-state index < -0.39 is 0 Å². The molecule has 0 spiro atoms. The van der Waals surface area contributed by atoms with Crippen LogP contribution in [-0.4, -0.2) is 70.5 Å². The zero-order valence-corrected chi connectivity index (χ0v) is 16.1. The number of nitrogens with one attached hydrogen (secondary N) is 1. The molecular weight excluding hydrogens is 342 g/mol. The van der Waals surface area contributed by atoms with Gasteiger partial charge in [0, 0.05) is 56.3 Å². The highest BCUT2D eigenvalue weighted by Gasteiger charge is 2.36. The molecule has 0 aromatic heterocycles. The number of piperidine rings is 1. The molecule has 6 heteroatoms. The smallest absolute Gasteiger partial charge is 0.157 e. The largest absolute Gasteiger partial charge is 0.504 e. The lowest BCUT2D eigenvalue weighted by molar-refractivity contribution is 0.181. The minimum atomic E-state index is -0.0465. The summed E-state index contributed by atoms with van der Waals surface area (Å²) in [5.74, 6) is -0.0796. The summed E-state index contributed by atoms with van der Waals surface area (Å²) < 4.78 is 0. The average molecular weight is 373 g/mol. The molecule has 0 radical (unpaired) electrons. The number of allylic oxidation sites excluding steroid dienone is 2. The Kier molecular flexibility index (Phi) is 5.19. The predicted molar refractivity (Wildman–Crippen MR) is 105 cm³/mol. The minimum Gasteiger partial charge on any atom is -0.504 e. The molecule has 0 aromatic rings. The lowest BCUT2D eigenvalue weighted by Gasteiger charge is -2.40. The van der Waals surface area contributed by atoms with E-state index in [9.17, 15) is 10.2 Å². The van der Waals surface area contributed by atoms with Crippen molar-refractivity contribution in [3.63, 3.8) is 0 Å². The number of likely N-dealkylation sites (tertiary alicyclic amines) is 1. The van der Waals surface area contributed by atoms with Crippen LogP contribution >= 0.6 is 0 Å². The molecule has 4 aliphatic rings. The molecular formula is C21H31N3O3. The van der Waals surface area contributed by atoms with Crippen molar-refractivity contribution in [3.8, 4) is 0 Å². The summed E-state index contributed by atoms with van der Waals surface area (Å²) in [6.45, 7) is 3.34. The van der Waals surface area contributed by atoms with E-state index in [-0.39, 0.29) is 24.2 Å². The quantitative estimate of drug-likeness (QED) is 0.592. The van der Waals surface area contributed by atoms with Crippen molar-refractivity contribution in [3.05, 3.63) is 46.2 Å².